The van der Waals surface area contributed by atoms with Gasteiger partial charge in [-0.3, -0.25) is 4.98 Å². The highest BCUT2D eigenvalue weighted by atomic mass is 15.1. The third-order valence-corrected chi connectivity index (χ3v) is 3.20. The molecule has 1 aromatic carbocycles. The average molecular weight is 270 g/mol. The van der Waals surface area contributed by atoms with Crippen LogP contribution in [-0.4, -0.2) is 23.1 Å². The van der Waals surface area contributed by atoms with Crippen LogP contribution < -0.4 is 10.2 Å². The molecule has 0 saturated carbocycles. The number of aromatic nitrogens is 2. The number of benzene rings is 1. The monoisotopic (exact) mass is 270 g/mol. The van der Waals surface area contributed by atoms with Crippen molar-refractivity contribution in [3.8, 4) is 0 Å². The van der Waals surface area contributed by atoms with Gasteiger partial charge in [0.05, 0.1) is 24.6 Å². The summed E-state index contributed by atoms with van der Waals surface area (Å²) in [6, 6.07) is 8.58. The Morgan fingerprint density at radius 1 is 1.05 bits per heavy atom. The summed E-state index contributed by atoms with van der Waals surface area (Å²) in [6.07, 6.45) is 3.64. The Hall–Kier alpha value is -2.10. The van der Waals surface area contributed by atoms with Crippen molar-refractivity contribution in [2.75, 3.05) is 23.3 Å². The van der Waals surface area contributed by atoms with Gasteiger partial charge >= 0.3 is 0 Å². The molecule has 1 heterocycles. The van der Waals surface area contributed by atoms with Gasteiger partial charge in [0, 0.05) is 18.8 Å². The molecule has 1 N–H and O–H groups in total. The molecule has 2 rings (SSSR count). The van der Waals surface area contributed by atoms with Crippen LogP contribution in [0, 0.1) is 6.92 Å². The maximum Gasteiger partial charge on any atom is 0.144 e. The zero-order chi connectivity index (χ0) is 14.4. The van der Waals surface area contributed by atoms with Crippen molar-refractivity contribution in [2.24, 2.45) is 0 Å². The lowest BCUT2D eigenvalue weighted by Crippen LogP contribution is -2.22. The van der Waals surface area contributed by atoms with Gasteiger partial charge < -0.3 is 10.2 Å². The molecule has 0 atom stereocenters. The summed E-state index contributed by atoms with van der Waals surface area (Å²) in [5.74, 6) is 0.828. The lowest BCUT2D eigenvalue weighted by atomic mass is 10.2. The van der Waals surface area contributed by atoms with Crippen LogP contribution in [0.15, 0.2) is 36.7 Å². The second-order valence-corrected chi connectivity index (χ2v) is 4.77. The number of hydrogen-bond donors (Lipinski definition) is 1. The van der Waals surface area contributed by atoms with Gasteiger partial charge in [-0.05, 0) is 32.9 Å². The minimum atomic E-state index is 0.777. The van der Waals surface area contributed by atoms with E-state index in [0.717, 1.165) is 31.1 Å². The highest BCUT2D eigenvalue weighted by Gasteiger charge is 2.06. The molecule has 4 heteroatoms. The third-order valence-electron chi connectivity index (χ3n) is 3.20. The van der Waals surface area contributed by atoms with Gasteiger partial charge in [-0.1, -0.05) is 17.7 Å². The lowest BCUT2D eigenvalue weighted by molar-refractivity contribution is 0.803. The normalized spacial score (nSPS) is 10.3. The predicted octanol–water partition coefficient (Wildman–Crippen LogP) is 3.24. The molecule has 0 radical (unpaired) electrons. The molecule has 20 heavy (non-hydrogen) atoms. The molecule has 0 aliphatic rings. The standard InChI is InChI=1S/C16H22N4/c1-4-17-16-11-18-14(10-19-16)12-20(5-2)15-8-6-13(3)7-9-15/h6-11H,4-5,12H2,1-3H3,(H,17,19). The summed E-state index contributed by atoms with van der Waals surface area (Å²) >= 11 is 0. The summed E-state index contributed by atoms with van der Waals surface area (Å²) in [5, 5.41) is 3.15. The summed E-state index contributed by atoms with van der Waals surface area (Å²) in [7, 11) is 0. The minimum Gasteiger partial charge on any atom is -0.369 e. The van der Waals surface area contributed by atoms with E-state index < -0.39 is 0 Å². The van der Waals surface area contributed by atoms with Gasteiger partial charge in [0.1, 0.15) is 5.82 Å². The second-order valence-electron chi connectivity index (χ2n) is 4.77. The van der Waals surface area contributed by atoms with Crippen molar-refractivity contribution in [2.45, 2.75) is 27.3 Å². The molecule has 4 nitrogen and oxygen atoms in total. The molecule has 106 valence electrons. The molecule has 0 aliphatic heterocycles. The first-order valence-electron chi connectivity index (χ1n) is 7.09. The third kappa shape index (κ3) is 3.70. The predicted molar refractivity (Wildman–Crippen MR) is 84.1 cm³/mol. The molecule has 0 fully saturated rings. The van der Waals surface area contributed by atoms with E-state index in [1.54, 1.807) is 6.20 Å². The molecule has 1 aromatic heterocycles. The molecule has 0 bridgehead atoms. The maximum atomic E-state index is 4.46. The van der Waals surface area contributed by atoms with Gasteiger partial charge in [-0.15, -0.1) is 0 Å². The number of rotatable bonds is 6. The van der Waals surface area contributed by atoms with Gasteiger partial charge in [0.25, 0.3) is 0 Å². The topological polar surface area (TPSA) is 41.1 Å². The molecule has 0 spiro atoms. The molecular weight excluding hydrogens is 248 g/mol. The molecular formula is C16H22N4. The first-order valence-corrected chi connectivity index (χ1v) is 7.09. The lowest BCUT2D eigenvalue weighted by Gasteiger charge is -2.22. The maximum absolute atomic E-state index is 4.46. The summed E-state index contributed by atoms with van der Waals surface area (Å²) < 4.78 is 0. The van der Waals surface area contributed by atoms with Crippen LogP contribution in [-0.2, 0) is 6.54 Å². The fourth-order valence-corrected chi connectivity index (χ4v) is 2.05. The van der Waals surface area contributed by atoms with E-state index in [-0.39, 0.29) is 0 Å². The minimum absolute atomic E-state index is 0.777. The quantitative estimate of drug-likeness (QED) is 0.875. The van der Waals surface area contributed by atoms with E-state index in [2.05, 4.69) is 58.3 Å². The zero-order valence-corrected chi connectivity index (χ0v) is 12.4. The number of nitrogens with zero attached hydrogens (tertiary/aromatic N) is 3. The first kappa shape index (κ1) is 14.3. The van der Waals surface area contributed by atoms with Crippen LogP contribution in [0.1, 0.15) is 25.1 Å². The zero-order valence-electron chi connectivity index (χ0n) is 12.4. The Morgan fingerprint density at radius 3 is 2.35 bits per heavy atom. The Bertz CT molecular complexity index is 519. The number of hydrogen-bond acceptors (Lipinski definition) is 4. The van der Waals surface area contributed by atoms with Gasteiger partial charge in [0.2, 0.25) is 0 Å². The number of aryl methyl sites for hydroxylation is 1. The van der Waals surface area contributed by atoms with Gasteiger partial charge in [-0.2, -0.15) is 0 Å². The van der Waals surface area contributed by atoms with Crippen molar-refractivity contribution in [3.63, 3.8) is 0 Å². The largest absolute Gasteiger partial charge is 0.369 e. The van der Waals surface area contributed by atoms with Crippen molar-refractivity contribution in [1.29, 1.82) is 0 Å². The fourth-order valence-electron chi connectivity index (χ4n) is 2.05. The SMILES string of the molecule is CCNc1cnc(CN(CC)c2ccc(C)cc2)cn1. The molecule has 0 unspecified atom stereocenters. The van der Waals surface area contributed by atoms with Crippen LogP contribution >= 0.6 is 0 Å². The van der Waals surface area contributed by atoms with Crippen molar-refractivity contribution in [3.05, 3.63) is 47.9 Å². The number of anilines is 2. The van der Waals surface area contributed by atoms with Crippen LogP contribution in [0.2, 0.25) is 0 Å². The highest BCUT2D eigenvalue weighted by molar-refractivity contribution is 5.47. The smallest absolute Gasteiger partial charge is 0.144 e. The molecule has 0 amide bonds. The number of nitrogens with one attached hydrogen (secondary N) is 1. The van der Waals surface area contributed by atoms with Crippen LogP contribution in [0.5, 0.6) is 0 Å². The molecule has 0 saturated heterocycles. The van der Waals surface area contributed by atoms with Crippen molar-refractivity contribution < 1.29 is 0 Å². The van der Waals surface area contributed by atoms with Crippen LogP contribution in [0.3, 0.4) is 0 Å². The van der Waals surface area contributed by atoms with E-state index in [0.29, 0.717) is 0 Å². The van der Waals surface area contributed by atoms with E-state index in [9.17, 15) is 0 Å². The van der Waals surface area contributed by atoms with Crippen molar-refractivity contribution >= 4 is 11.5 Å². The Morgan fingerprint density at radius 2 is 1.80 bits per heavy atom. The van der Waals surface area contributed by atoms with Gasteiger partial charge in [0.15, 0.2) is 0 Å². The van der Waals surface area contributed by atoms with E-state index in [4.69, 9.17) is 0 Å². The van der Waals surface area contributed by atoms with Crippen LogP contribution in [0.25, 0.3) is 0 Å². The van der Waals surface area contributed by atoms with Crippen molar-refractivity contribution in [1.82, 2.24) is 9.97 Å². The fraction of sp³-hybridized carbons (Fsp3) is 0.375. The highest BCUT2D eigenvalue weighted by Crippen LogP contribution is 2.17. The summed E-state index contributed by atoms with van der Waals surface area (Å²) in [5.41, 5.74) is 3.48. The average Bonchev–Trinajstić information content (AvgIpc) is 2.48. The second kappa shape index (κ2) is 6.89. The van der Waals surface area contributed by atoms with Gasteiger partial charge in [-0.25, -0.2) is 4.98 Å². The van der Waals surface area contributed by atoms with Crippen LogP contribution in [0.4, 0.5) is 11.5 Å². The summed E-state index contributed by atoms with van der Waals surface area (Å²) in [6.45, 7) is 8.88. The Balaban J connectivity index is 2.07. The van der Waals surface area contributed by atoms with E-state index >= 15 is 0 Å². The Kier molecular flexibility index (Phi) is 4.93. The molecule has 2 aromatic rings. The molecule has 0 aliphatic carbocycles. The van der Waals surface area contributed by atoms with E-state index in [1.807, 2.05) is 13.1 Å². The summed E-state index contributed by atoms with van der Waals surface area (Å²) in [4.78, 5) is 11.1. The first-order chi connectivity index (χ1) is 9.72. The van der Waals surface area contributed by atoms with E-state index in [1.165, 1.54) is 11.3 Å². The Labute approximate surface area is 120 Å².